The van der Waals surface area contributed by atoms with Crippen molar-refractivity contribution in [3.63, 3.8) is 0 Å². The standard InChI is InChI=1S/C18H19Cl3N2O3/c19-11-9-12(20)17(24)15(16(11)21)18(25)22-10-13(14-5-4-8-26-14)23-6-2-1-3-7-23/h4-5,8-9,13,24H,1-3,6-7,10H2,(H,22,25). The highest BCUT2D eigenvalue weighted by atomic mass is 35.5. The van der Waals surface area contributed by atoms with Gasteiger partial charge in [-0.1, -0.05) is 41.2 Å². The number of aromatic hydroxyl groups is 1. The second-order valence-corrected chi connectivity index (χ2v) is 7.41. The van der Waals surface area contributed by atoms with Crippen LogP contribution in [0, 0.1) is 0 Å². The number of nitrogens with one attached hydrogen (secondary N) is 1. The van der Waals surface area contributed by atoms with E-state index in [1.807, 2.05) is 12.1 Å². The molecule has 1 atom stereocenters. The second-order valence-electron chi connectivity index (χ2n) is 6.22. The largest absolute Gasteiger partial charge is 0.505 e. The van der Waals surface area contributed by atoms with Gasteiger partial charge in [-0.25, -0.2) is 0 Å². The van der Waals surface area contributed by atoms with Crippen LogP contribution in [0.25, 0.3) is 0 Å². The summed E-state index contributed by atoms with van der Waals surface area (Å²) in [6, 6.07) is 4.93. The number of rotatable bonds is 5. The van der Waals surface area contributed by atoms with Crippen molar-refractivity contribution in [3.05, 3.63) is 50.9 Å². The number of amides is 1. The van der Waals surface area contributed by atoms with E-state index in [4.69, 9.17) is 39.2 Å². The van der Waals surface area contributed by atoms with E-state index in [0.717, 1.165) is 31.7 Å². The number of nitrogens with zero attached hydrogens (tertiary/aromatic N) is 1. The molecule has 8 heteroatoms. The molecule has 1 aromatic carbocycles. The first-order chi connectivity index (χ1) is 12.5. The second kappa shape index (κ2) is 8.53. The Hall–Kier alpha value is -1.40. The Labute approximate surface area is 166 Å². The smallest absolute Gasteiger partial charge is 0.256 e. The van der Waals surface area contributed by atoms with Crippen molar-refractivity contribution in [3.8, 4) is 5.75 Å². The number of hydrogen-bond donors (Lipinski definition) is 2. The summed E-state index contributed by atoms with van der Waals surface area (Å²) in [7, 11) is 0. The summed E-state index contributed by atoms with van der Waals surface area (Å²) >= 11 is 18.0. The first-order valence-electron chi connectivity index (χ1n) is 8.41. The van der Waals surface area contributed by atoms with E-state index < -0.39 is 5.91 Å². The van der Waals surface area contributed by atoms with E-state index in [0.29, 0.717) is 6.54 Å². The van der Waals surface area contributed by atoms with Crippen molar-refractivity contribution < 1.29 is 14.3 Å². The fraction of sp³-hybridized carbons (Fsp3) is 0.389. The molecule has 1 saturated heterocycles. The molecule has 0 spiro atoms. The van der Waals surface area contributed by atoms with Gasteiger partial charge in [0.25, 0.3) is 5.91 Å². The molecule has 1 aliphatic heterocycles. The predicted molar refractivity (Wildman–Crippen MR) is 102 cm³/mol. The Bertz CT molecular complexity index is 748. The molecule has 1 aromatic heterocycles. The number of likely N-dealkylation sites (tertiary alicyclic amines) is 1. The number of hydrogen-bond acceptors (Lipinski definition) is 4. The molecule has 2 N–H and O–H groups in total. The summed E-state index contributed by atoms with van der Waals surface area (Å²) in [5.74, 6) is -0.136. The highest BCUT2D eigenvalue weighted by molar-refractivity contribution is 6.45. The zero-order valence-corrected chi connectivity index (χ0v) is 16.2. The van der Waals surface area contributed by atoms with Crippen LogP contribution in [0.2, 0.25) is 15.1 Å². The third kappa shape index (κ3) is 4.12. The van der Waals surface area contributed by atoms with E-state index in [1.54, 1.807) is 6.26 Å². The molecule has 0 radical (unpaired) electrons. The fourth-order valence-corrected chi connectivity index (χ4v) is 3.88. The molecular weight excluding hydrogens is 399 g/mol. The minimum atomic E-state index is -0.537. The Morgan fingerprint density at radius 3 is 2.62 bits per heavy atom. The summed E-state index contributed by atoms with van der Waals surface area (Å²) in [4.78, 5) is 14.9. The molecule has 26 heavy (non-hydrogen) atoms. The highest BCUT2D eigenvalue weighted by Gasteiger charge is 2.27. The summed E-state index contributed by atoms with van der Waals surface area (Å²) in [5, 5.41) is 13.0. The number of carbonyl (C=O) groups excluding carboxylic acids is 1. The van der Waals surface area contributed by atoms with Gasteiger partial charge in [0, 0.05) is 6.54 Å². The monoisotopic (exact) mass is 416 g/mol. The zero-order chi connectivity index (χ0) is 18.7. The summed E-state index contributed by atoms with van der Waals surface area (Å²) in [6.45, 7) is 2.19. The average Bonchev–Trinajstić information content (AvgIpc) is 3.16. The van der Waals surface area contributed by atoms with E-state index in [2.05, 4.69) is 10.2 Å². The topological polar surface area (TPSA) is 65.7 Å². The lowest BCUT2D eigenvalue weighted by Crippen LogP contribution is -2.40. The van der Waals surface area contributed by atoms with Crippen molar-refractivity contribution in [1.29, 1.82) is 0 Å². The van der Waals surface area contributed by atoms with Crippen molar-refractivity contribution in [2.75, 3.05) is 19.6 Å². The highest BCUT2D eigenvalue weighted by Crippen LogP contribution is 2.38. The minimum Gasteiger partial charge on any atom is -0.505 e. The molecule has 5 nitrogen and oxygen atoms in total. The first kappa shape index (κ1) is 19.4. The molecule has 0 bridgehead atoms. The molecule has 0 aliphatic carbocycles. The van der Waals surface area contributed by atoms with Gasteiger partial charge >= 0.3 is 0 Å². The summed E-state index contributed by atoms with van der Waals surface area (Å²) in [5.41, 5.74) is -0.124. The predicted octanol–water partition coefficient (Wildman–Crippen LogP) is 4.90. The molecule has 3 rings (SSSR count). The van der Waals surface area contributed by atoms with Crippen molar-refractivity contribution in [2.24, 2.45) is 0 Å². The van der Waals surface area contributed by atoms with E-state index in [9.17, 15) is 9.90 Å². The van der Waals surface area contributed by atoms with E-state index in [-0.39, 0.29) is 32.4 Å². The summed E-state index contributed by atoms with van der Waals surface area (Å²) in [6.07, 6.45) is 5.05. The van der Waals surface area contributed by atoms with Crippen LogP contribution in [0.15, 0.2) is 28.9 Å². The van der Waals surface area contributed by atoms with E-state index >= 15 is 0 Å². The number of carbonyl (C=O) groups is 1. The van der Waals surface area contributed by atoms with Gasteiger partial charge < -0.3 is 14.8 Å². The number of piperidine rings is 1. The number of halogens is 3. The normalized spacial score (nSPS) is 16.4. The van der Waals surface area contributed by atoms with Crippen LogP contribution < -0.4 is 5.32 Å². The molecule has 1 amide bonds. The first-order valence-corrected chi connectivity index (χ1v) is 9.54. The van der Waals surface area contributed by atoms with Crippen LogP contribution in [-0.2, 0) is 0 Å². The molecule has 0 saturated carbocycles. The Kier molecular flexibility index (Phi) is 6.35. The molecule has 2 aromatic rings. The van der Waals surface area contributed by atoms with Crippen molar-refractivity contribution >= 4 is 40.7 Å². The molecule has 1 fully saturated rings. The van der Waals surface area contributed by atoms with Crippen molar-refractivity contribution in [2.45, 2.75) is 25.3 Å². The third-order valence-electron chi connectivity index (χ3n) is 4.53. The number of benzene rings is 1. The van der Waals surface area contributed by atoms with Gasteiger partial charge in [0.05, 0.1) is 27.4 Å². The third-order valence-corrected chi connectivity index (χ3v) is 5.61. The number of phenolic OH excluding ortho intramolecular Hbond substituents is 1. The van der Waals surface area contributed by atoms with Crippen LogP contribution in [-0.4, -0.2) is 35.5 Å². The van der Waals surface area contributed by atoms with Gasteiger partial charge in [-0.05, 0) is 44.1 Å². The Morgan fingerprint density at radius 2 is 1.96 bits per heavy atom. The lowest BCUT2D eigenvalue weighted by atomic mass is 10.1. The Balaban J connectivity index is 1.78. The van der Waals surface area contributed by atoms with E-state index in [1.165, 1.54) is 12.5 Å². The maximum Gasteiger partial charge on any atom is 0.256 e. The van der Waals surface area contributed by atoms with Crippen LogP contribution >= 0.6 is 34.8 Å². The van der Waals surface area contributed by atoms with Crippen LogP contribution in [0.1, 0.15) is 41.4 Å². The quantitative estimate of drug-likeness (QED) is 0.679. The number of furan rings is 1. The van der Waals surface area contributed by atoms with Gasteiger partial charge in [-0.2, -0.15) is 0 Å². The Morgan fingerprint density at radius 1 is 1.23 bits per heavy atom. The number of phenols is 1. The van der Waals surface area contributed by atoms with Crippen LogP contribution in [0.4, 0.5) is 0 Å². The zero-order valence-electron chi connectivity index (χ0n) is 14.0. The molecular formula is C18H19Cl3N2O3. The average molecular weight is 418 g/mol. The fourth-order valence-electron chi connectivity index (χ4n) is 3.19. The van der Waals surface area contributed by atoms with Gasteiger partial charge in [0.2, 0.25) is 0 Å². The maximum atomic E-state index is 12.6. The maximum absolute atomic E-state index is 12.6. The molecule has 1 unspecified atom stereocenters. The van der Waals surface area contributed by atoms with Gasteiger partial charge in [0.1, 0.15) is 17.1 Å². The molecule has 2 heterocycles. The van der Waals surface area contributed by atoms with Crippen LogP contribution in [0.5, 0.6) is 5.75 Å². The minimum absolute atomic E-state index is 0.0248. The van der Waals surface area contributed by atoms with Gasteiger partial charge in [0.15, 0.2) is 0 Å². The SMILES string of the molecule is O=C(NCC(c1ccco1)N1CCCCC1)c1c(O)c(Cl)cc(Cl)c1Cl. The van der Waals surface area contributed by atoms with Crippen LogP contribution in [0.3, 0.4) is 0 Å². The van der Waals surface area contributed by atoms with Gasteiger partial charge in [-0.3, -0.25) is 9.69 Å². The lowest BCUT2D eigenvalue weighted by Gasteiger charge is -2.33. The summed E-state index contributed by atoms with van der Waals surface area (Å²) < 4.78 is 5.56. The van der Waals surface area contributed by atoms with Gasteiger partial charge in [-0.15, -0.1) is 0 Å². The lowest BCUT2D eigenvalue weighted by molar-refractivity contribution is 0.0911. The molecule has 1 aliphatic rings. The molecule has 140 valence electrons. The van der Waals surface area contributed by atoms with Crippen molar-refractivity contribution in [1.82, 2.24) is 10.2 Å².